The van der Waals surface area contributed by atoms with Gasteiger partial charge in [-0.25, -0.2) is 0 Å². The number of carbonyl (C=O) groups excluding carboxylic acids is 2. The Hall–Kier alpha value is -1.84. The average Bonchev–Trinajstić information content (AvgIpc) is 2.41. The van der Waals surface area contributed by atoms with Gasteiger partial charge in [-0.1, -0.05) is 6.07 Å². The van der Waals surface area contributed by atoms with E-state index in [-0.39, 0.29) is 23.8 Å². The summed E-state index contributed by atoms with van der Waals surface area (Å²) in [5.41, 5.74) is 0.274. The minimum atomic E-state index is -0.284. The lowest BCUT2D eigenvalue weighted by Crippen LogP contribution is -2.53. The van der Waals surface area contributed by atoms with E-state index < -0.39 is 0 Å². The maximum Gasteiger partial charge on any atom is 0.254 e. The third-order valence-electron chi connectivity index (χ3n) is 3.64. The van der Waals surface area contributed by atoms with Gasteiger partial charge in [-0.05, 0) is 38.5 Å². The van der Waals surface area contributed by atoms with Crippen molar-refractivity contribution < 1.29 is 14.3 Å². The fourth-order valence-electron chi connectivity index (χ4n) is 2.31. The normalized spacial score (nSPS) is 18.3. The maximum absolute atomic E-state index is 12.5. The molecular formula is C15H19NO3. The van der Waals surface area contributed by atoms with Crippen molar-refractivity contribution in [2.75, 3.05) is 13.7 Å². The molecule has 0 spiro atoms. The molecule has 1 aromatic carbocycles. The molecule has 0 unspecified atom stereocenters. The molecule has 1 amide bonds. The van der Waals surface area contributed by atoms with Crippen LogP contribution in [0, 0.1) is 0 Å². The Bertz CT molecular complexity index is 508. The number of amides is 1. The van der Waals surface area contributed by atoms with Crippen LogP contribution in [0.1, 0.15) is 37.0 Å². The molecule has 1 heterocycles. The van der Waals surface area contributed by atoms with E-state index in [0.29, 0.717) is 24.2 Å². The van der Waals surface area contributed by atoms with Crippen molar-refractivity contribution in [3.8, 4) is 5.75 Å². The number of piperidine rings is 1. The fraction of sp³-hybridized carbons (Fsp3) is 0.467. The lowest BCUT2D eigenvalue weighted by molar-refractivity contribution is -0.124. The molecular weight excluding hydrogens is 242 g/mol. The molecule has 0 atom stereocenters. The summed E-state index contributed by atoms with van der Waals surface area (Å²) >= 11 is 0. The predicted molar refractivity (Wildman–Crippen MR) is 72.4 cm³/mol. The van der Waals surface area contributed by atoms with Crippen LogP contribution in [-0.4, -0.2) is 35.8 Å². The predicted octanol–water partition coefficient (Wildman–Crippen LogP) is 2.28. The standard InChI is InChI=1S/C15H19NO3/c1-15(2)8-7-12(17)10-16(15)14(18)11-5-4-6-13(9-11)19-3/h4-6,9H,7-8,10H2,1-3H3. The summed E-state index contributed by atoms with van der Waals surface area (Å²) in [6, 6.07) is 7.03. The van der Waals surface area contributed by atoms with Gasteiger partial charge < -0.3 is 9.64 Å². The zero-order valence-corrected chi connectivity index (χ0v) is 11.6. The summed E-state index contributed by atoms with van der Waals surface area (Å²) in [6.07, 6.45) is 1.26. The topological polar surface area (TPSA) is 46.6 Å². The molecule has 0 N–H and O–H groups in total. The number of hydrogen-bond donors (Lipinski definition) is 0. The number of ether oxygens (including phenoxy) is 1. The molecule has 0 saturated carbocycles. The zero-order valence-electron chi connectivity index (χ0n) is 11.6. The van der Waals surface area contributed by atoms with Crippen molar-refractivity contribution >= 4 is 11.7 Å². The van der Waals surface area contributed by atoms with Crippen LogP contribution < -0.4 is 4.74 Å². The van der Waals surface area contributed by atoms with Gasteiger partial charge >= 0.3 is 0 Å². The molecule has 1 fully saturated rings. The van der Waals surface area contributed by atoms with Gasteiger partial charge in [0.25, 0.3) is 5.91 Å². The second-order valence-corrected chi connectivity index (χ2v) is 5.47. The van der Waals surface area contributed by atoms with Crippen molar-refractivity contribution in [3.63, 3.8) is 0 Å². The summed E-state index contributed by atoms with van der Waals surface area (Å²) in [4.78, 5) is 25.8. The molecule has 19 heavy (non-hydrogen) atoms. The Morgan fingerprint density at radius 2 is 2.11 bits per heavy atom. The van der Waals surface area contributed by atoms with Crippen LogP contribution in [0.4, 0.5) is 0 Å². The minimum absolute atomic E-state index is 0.114. The number of Topliss-reactive ketones (excluding diaryl/α,β-unsaturated/α-hetero) is 1. The number of methoxy groups -OCH3 is 1. The van der Waals surface area contributed by atoms with E-state index in [2.05, 4.69) is 0 Å². The van der Waals surface area contributed by atoms with Crippen LogP contribution >= 0.6 is 0 Å². The summed E-state index contributed by atoms with van der Waals surface area (Å²) in [5, 5.41) is 0. The van der Waals surface area contributed by atoms with Gasteiger partial charge in [0.15, 0.2) is 5.78 Å². The van der Waals surface area contributed by atoms with Crippen molar-refractivity contribution in [3.05, 3.63) is 29.8 Å². The van der Waals surface area contributed by atoms with Crippen molar-refractivity contribution in [2.24, 2.45) is 0 Å². The number of hydrogen-bond acceptors (Lipinski definition) is 3. The molecule has 1 saturated heterocycles. The molecule has 0 aliphatic carbocycles. The van der Waals surface area contributed by atoms with E-state index in [1.807, 2.05) is 13.8 Å². The molecule has 4 nitrogen and oxygen atoms in total. The van der Waals surface area contributed by atoms with Crippen LogP contribution in [0.2, 0.25) is 0 Å². The van der Waals surface area contributed by atoms with Gasteiger partial charge in [0.05, 0.1) is 13.7 Å². The summed E-state index contributed by atoms with van der Waals surface area (Å²) in [7, 11) is 1.57. The Morgan fingerprint density at radius 3 is 2.79 bits per heavy atom. The first kappa shape index (κ1) is 13.6. The maximum atomic E-state index is 12.5. The van der Waals surface area contributed by atoms with Crippen molar-refractivity contribution in [2.45, 2.75) is 32.2 Å². The number of carbonyl (C=O) groups is 2. The SMILES string of the molecule is COc1cccc(C(=O)N2CC(=O)CCC2(C)C)c1. The second-order valence-electron chi connectivity index (χ2n) is 5.47. The molecule has 1 aliphatic heterocycles. The Kier molecular flexibility index (Phi) is 3.60. The molecule has 1 aliphatic rings. The van der Waals surface area contributed by atoms with E-state index in [1.165, 1.54) is 0 Å². The molecule has 102 valence electrons. The highest BCUT2D eigenvalue weighted by molar-refractivity contribution is 5.98. The first-order valence-corrected chi connectivity index (χ1v) is 6.42. The third kappa shape index (κ3) is 2.78. The minimum Gasteiger partial charge on any atom is -0.497 e. The first-order valence-electron chi connectivity index (χ1n) is 6.42. The average molecular weight is 261 g/mol. The van der Waals surface area contributed by atoms with Gasteiger partial charge in [0.1, 0.15) is 5.75 Å². The quantitative estimate of drug-likeness (QED) is 0.820. The van der Waals surface area contributed by atoms with Crippen LogP contribution in [0.25, 0.3) is 0 Å². The van der Waals surface area contributed by atoms with Crippen LogP contribution in [0.3, 0.4) is 0 Å². The Labute approximate surface area is 113 Å². The number of rotatable bonds is 2. The highest BCUT2D eigenvalue weighted by Gasteiger charge is 2.36. The summed E-state index contributed by atoms with van der Waals surface area (Å²) in [6.45, 7) is 4.19. The first-order chi connectivity index (χ1) is 8.94. The van der Waals surface area contributed by atoms with E-state index >= 15 is 0 Å². The number of likely N-dealkylation sites (tertiary alicyclic amines) is 1. The van der Waals surface area contributed by atoms with Gasteiger partial charge in [-0.2, -0.15) is 0 Å². The highest BCUT2D eigenvalue weighted by atomic mass is 16.5. The second kappa shape index (κ2) is 5.03. The third-order valence-corrected chi connectivity index (χ3v) is 3.64. The van der Waals surface area contributed by atoms with E-state index in [4.69, 9.17) is 4.74 Å². The summed E-state index contributed by atoms with van der Waals surface area (Å²) < 4.78 is 5.13. The van der Waals surface area contributed by atoms with E-state index in [9.17, 15) is 9.59 Å². The molecule has 0 radical (unpaired) electrons. The molecule has 4 heteroatoms. The zero-order chi connectivity index (χ0) is 14.0. The van der Waals surface area contributed by atoms with Crippen molar-refractivity contribution in [1.82, 2.24) is 4.90 Å². The Balaban J connectivity index is 2.28. The van der Waals surface area contributed by atoms with E-state index in [0.717, 1.165) is 0 Å². The van der Waals surface area contributed by atoms with Crippen LogP contribution in [0.5, 0.6) is 5.75 Å². The molecule has 0 aromatic heterocycles. The van der Waals surface area contributed by atoms with Gasteiger partial charge in [-0.3, -0.25) is 9.59 Å². The van der Waals surface area contributed by atoms with Crippen molar-refractivity contribution in [1.29, 1.82) is 0 Å². The number of nitrogens with zero attached hydrogens (tertiary/aromatic N) is 1. The Morgan fingerprint density at radius 1 is 1.37 bits per heavy atom. The monoisotopic (exact) mass is 261 g/mol. The fourth-order valence-corrected chi connectivity index (χ4v) is 2.31. The molecule has 0 bridgehead atoms. The largest absolute Gasteiger partial charge is 0.497 e. The lowest BCUT2D eigenvalue weighted by Gasteiger charge is -2.41. The highest BCUT2D eigenvalue weighted by Crippen LogP contribution is 2.28. The van der Waals surface area contributed by atoms with Gasteiger partial charge in [0.2, 0.25) is 0 Å². The van der Waals surface area contributed by atoms with Crippen LogP contribution in [-0.2, 0) is 4.79 Å². The van der Waals surface area contributed by atoms with Crippen LogP contribution in [0.15, 0.2) is 24.3 Å². The lowest BCUT2D eigenvalue weighted by atomic mass is 9.89. The number of ketones is 1. The smallest absolute Gasteiger partial charge is 0.254 e. The van der Waals surface area contributed by atoms with Gasteiger partial charge in [-0.15, -0.1) is 0 Å². The van der Waals surface area contributed by atoms with Gasteiger partial charge in [0, 0.05) is 17.5 Å². The number of benzene rings is 1. The molecule has 2 rings (SSSR count). The van der Waals surface area contributed by atoms with E-state index in [1.54, 1.807) is 36.3 Å². The summed E-state index contributed by atoms with van der Waals surface area (Å²) in [5.74, 6) is 0.652. The molecule has 1 aromatic rings.